The number of halogens is 2. The van der Waals surface area contributed by atoms with Crippen LogP contribution in [0.4, 0.5) is 0 Å². The van der Waals surface area contributed by atoms with Crippen molar-refractivity contribution >= 4 is 40.9 Å². The average Bonchev–Trinajstić information content (AvgIpc) is 2.01. The topological polar surface area (TPSA) is 39.2 Å². The first-order chi connectivity index (χ1) is 6.49. The molecule has 0 aliphatic heterocycles. The van der Waals surface area contributed by atoms with Crippen LogP contribution in [0.1, 0.15) is 6.92 Å². The molecule has 0 aliphatic rings. The second kappa shape index (κ2) is 4.87. The van der Waals surface area contributed by atoms with Crippen LogP contribution in [0, 0.1) is 0 Å². The molecule has 76 valence electrons. The smallest absolute Gasteiger partial charge is 0.226 e. The number of hydrogen-bond donors (Lipinski definition) is 1. The van der Waals surface area contributed by atoms with Gasteiger partial charge in [0, 0.05) is 12.1 Å². The summed E-state index contributed by atoms with van der Waals surface area (Å²) in [6.07, 6.45) is -0.645. The maximum atomic E-state index is 10.8. The quantitative estimate of drug-likeness (QED) is 0.663. The van der Waals surface area contributed by atoms with Crippen molar-refractivity contribution in [3.63, 3.8) is 0 Å². The number of ether oxygens (including phenoxy) is 1. The zero-order chi connectivity index (χ0) is 10.7. The second-order valence-electron chi connectivity index (χ2n) is 2.55. The Hall–Kier alpha value is -0.450. The molecule has 0 aliphatic carbocycles. The molecule has 0 spiro atoms. The van der Waals surface area contributed by atoms with E-state index in [1.54, 1.807) is 6.92 Å². The molecular formula is C8H7Cl2NO2S. The number of carbonyl (C=O) groups excluding carboxylic acids is 1. The minimum absolute atomic E-state index is 0.214. The summed E-state index contributed by atoms with van der Waals surface area (Å²) in [5.74, 6) is 0.393. The summed E-state index contributed by atoms with van der Waals surface area (Å²) in [7, 11) is 0. The summed E-state index contributed by atoms with van der Waals surface area (Å²) in [6, 6.07) is 2.95. The Morgan fingerprint density at radius 3 is 2.43 bits per heavy atom. The van der Waals surface area contributed by atoms with Crippen molar-refractivity contribution in [2.45, 2.75) is 13.0 Å². The van der Waals surface area contributed by atoms with E-state index in [0.717, 1.165) is 0 Å². The summed E-state index contributed by atoms with van der Waals surface area (Å²) in [5.41, 5.74) is 0. The van der Waals surface area contributed by atoms with Crippen LogP contribution in [0.5, 0.6) is 5.75 Å². The van der Waals surface area contributed by atoms with Crippen LogP contribution in [0.25, 0.3) is 0 Å². The molecule has 1 aromatic rings. The number of pyridine rings is 1. The van der Waals surface area contributed by atoms with E-state index >= 15 is 0 Å². The highest BCUT2D eigenvalue weighted by molar-refractivity contribution is 7.96. The van der Waals surface area contributed by atoms with E-state index in [2.05, 4.69) is 17.6 Å². The van der Waals surface area contributed by atoms with Crippen LogP contribution >= 0.6 is 35.8 Å². The summed E-state index contributed by atoms with van der Waals surface area (Å²) in [5, 5.41) is 0.0617. The van der Waals surface area contributed by atoms with Crippen molar-refractivity contribution in [1.29, 1.82) is 0 Å². The summed E-state index contributed by atoms with van der Waals surface area (Å²) in [6.45, 7) is 1.58. The third-order valence-electron chi connectivity index (χ3n) is 1.40. The molecule has 1 aromatic heterocycles. The summed E-state index contributed by atoms with van der Waals surface area (Å²) < 4.78 is 5.20. The highest BCUT2D eigenvalue weighted by atomic mass is 35.5. The fourth-order valence-electron chi connectivity index (χ4n) is 0.766. The highest BCUT2D eigenvalue weighted by Crippen LogP contribution is 2.21. The third kappa shape index (κ3) is 3.36. The van der Waals surface area contributed by atoms with Crippen LogP contribution in [-0.4, -0.2) is 16.2 Å². The van der Waals surface area contributed by atoms with Gasteiger partial charge >= 0.3 is 0 Å². The first-order valence-corrected chi connectivity index (χ1v) is 4.92. The van der Waals surface area contributed by atoms with E-state index in [9.17, 15) is 4.79 Å². The Kier molecular flexibility index (Phi) is 4.04. The molecule has 1 rings (SSSR count). The predicted molar refractivity (Wildman–Crippen MR) is 58.3 cm³/mol. The molecule has 0 bridgehead atoms. The lowest BCUT2D eigenvalue weighted by Gasteiger charge is -2.10. The SMILES string of the molecule is CC(Oc1cc(Cl)nc(Cl)c1)C(=O)S. The molecule has 0 saturated carbocycles. The number of nitrogens with zero attached hydrogens (tertiary/aromatic N) is 1. The first kappa shape index (κ1) is 11.6. The minimum Gasteiger partial charge on any atom is -0.482 e. The largest absolute Gasteiger partial charge is 0.482 e. The van der Waals surface area contributed by atoms with E-state index < -0.39 is 6.10 Å². The third-order valence-corrected chi connectivity index (χ3v) is 2.15. The zero-order valence-electron chi connectivity index (χ0n) is 7.20. The standard InChI is InChI=1S/C8H7Cl2NO2S/c1-4(8(12)14)13-5-2-6(9)11-7(10)3-5/h2-4H,1H3,(H,12,14). The maximum Gasteiger partial charge on any atom is 0.226 e. The van der Waals surface area contributed by atoms with Crippen LogP contribution in [-0.2, 0) is 4.79 Å². The lowest BCUT2D eigenvalue weighted by atomic mass is 10.4. The molecule has 0 saturated heterocycles. The van der Waals surface area contributed by atoms with Crippen LogP contribution in [0.15, 0.2) is 12.1 Å². The normalized spacial score (nSPS) is 12.3. The first-order valence-electron chi connectivity index (χ1n) is 3.71. The Bertz CT molecular complexity index is 339. The number of aromatic nitrogens is 1. The summed E-state index contributed by atoms with van der Waals surface area (Å²) >= 11 is 14.9. The Balaban J connectivity index is 2.81. The van der Waals surface area contributed by atoms with Crippen LogP contribution in [0.3, 0.4) is 0 Å². The van der Waals surface area contributed by atoms with Crippen LogP contribution in [0.2, 0.25) is 10.3 Å². The second-order valence-corrected chi connectivity index (χ2v) is 3.76. The number of rotatable bonds is 3. The van der Waals surface area contributed by atoms with Gasteiger partial charge in [-0.25, -0.2) is 4.98 Å². The van der Waals surface area contributed by atoms with Gasteiger partial charge in [-0.2, -0.15) is 0 Å². The molecule has 14 heavy (non-hydrogen) atoms. The minimum atomic E-state index is -0.645. The number of hydrogen-bond acceptors (Lipinski definition) is 3. The van der Waals surface area contributed by atoms with Crippen molar-refractivity contribution in [2.75, 3.05) is 0 Å². The molecule has 0 aromatic carbocycles. The van der Waals surface area contributed by atoms with Crippen LogP contribution < -0.4 is 4.74 Å². The predicted octanol–water partition coefficient (Wildman–Crippen LogP) is 2.61. The van der Waals surface area contributed by atoms with Gasteiger partial charge < -0.3 is 4.74 Å². The van der Waals surface area contributed by atoms with Gasteiger partial charge in [0.1, 0.15) is 16.1 Å². The fourth-order valence-corrected chi connectivity index (χ4v) is 1.26. The molecular weight excluding hydrogens is 245 g/mol. The lowest BCUT2D eigenvalue weighted by molar-refractivity contribution is -0.116. The Morgan fingerprint density at radius 1 is 1.50 bits per heavy atom. The van der Waals surface area contributed by atoms with Gasteiger partial charge in [0.25, 0.3) is 0 Å². The molecule has 0 fully saturated rings. The molecule has 0 amide bonds. The fraction of sp³-hybridized carbons (Fsp3) is 0.250. The average molecular weight is 252 g/mol. The van der Waals surface area contributed by atoms with Gasteiger partial charge in [-0.15, -0.1) is 12.6 Å². The van der Waals surface area contributed by atoms with E-state index in [1.807, 2.05) is 0 Å². The van der Waals surface area contributed by atoms with Gasteiger partial charge in [-0.1, -0.05) is 23.2 Å². The maximum absolute atomic E-state index is 10.8. The van der Waals surface area contributed by atoms with E-state index in [0.29, 0.717) is 5.75 Å². The van der Waals surface area contributed by atoms with E-state index in [-0.39, 0.29) is 15.4 Å². The van der Waals surface area contributed by atoms with E-state index in [4.69, 9.17) is 27.9 Å². The van der Waals surface area contributed by atoms with Crippen molar-refractivity contribution in [1.82, 2.24) is 4.98 Å². The highest BCUT2D eigenvalue weighted by Gasteiger charge is 2.11. The number of thiol groups is 1. The van der Waals surface area contributed by atoms with Crippen molar-refractivity contribution < 1.29 is 9.53 Å². The molecule has 6 heteroatoms. The van der Waals surface area contributed by atoms with Crippen molar-refractivity contribution in [2.24, 2.45) is 0 Å². The van der Waals surface area contributed by atoms with Crippen molar-refractivity contribution in [3.8, 4) is 5.75 Å². The van der Waals surface area contributed by atoms with Gasteiger partial charge in [0.05, 0.1) is 0 Å². The van der Waals surface area contributed by atoms with Gasteiger partial charge in [-0.05, 0) is 6.92 Å². The van der Waals surface area contributed by atoms with Crippen molar-refractivity contribution in [3.05, 3.63) is 22.4 Å². The molecule has 0 N–H and O–H groups in total. The molecule has 3 nitrogen and oxygen atoms in total. The zero-order valence-corrected chi connectivity index (χ0v) is 9.61. The lowest BCUT2D eigenvalue weighted by Crippen LogP contribution is -2.18. The van der Waals surface area contributed by atoms with Gasteiger partial charge in [-0.3, -0.25) is 4.79 Å². The van der Waals surface area contributed by atoms with Gasteiger partial charge in [0.15, 0.2) is 6.10 Å². The molecule has 1 atom stereocenters. The summed E-state index contributed by atoms with van der Waals surface area (Å²) in [4.78, 5) is 14.5. The monoisotopic (exact) mass is 251 g/mol. The Labute approximate surface area is 96.8 Å². The number of carbonyl (C=O) groups is 1. The molecule has 1 heterocycles. The van der Waals surface area contributed by atoms with Gasteiger partial charge in [0.2, 0.25) is 5.12 Å². The van der Waals surface area contributed by atoms with E-state index in [1.165, 1.54) is 12.1 Å². The molecule has 1 unspecified atom stereocenters. The molecule has 0 radical (unpaired) electrons. The Morgan fingerprint density at radius 2 is 2.00 bits per heavy atom.